The molecule has 0 unspecified atom stereocenters. The van der Waals surface area contributed by atoms with E-state index in [-0.39, 0.29) is 12.3 Å². The maximum atomic E-state index is 12.2. The summed E-state index contributed by atoms with van der Waals surface area (Å²) in [5.41, 5.74) is 1.87. The van der Waals surface area contributed by atoms with E-state index in [1.807, 2.05) is 54.6 Å². The summed E-state index contributed by atoms with van der Waals surface area (Å²) in [6, 6.07) is 23.6. The zero-order chi connectivity index (χ0) is 20.5. The fourth-order valence-electron chi connectivity index (χ4n) is 2.66. The third-order valence-electron chi connectivity index (χ3n) is 4.12. The van der Waals surface area contributed by atoms with Gasteiger partial charge in [-0.25, -0.2) is 4.79 Å². The second kappa shape index (κ2) is 9.94. The van der Waals surface area contributed by atoms with Crippen molar-refractivity contribution >= 4 is 23.3 Å². The van der Waals surface area contributed by atoms with Gasteiger partial charge in [0.1, 0.15) is 5.75 Å². The predicted octanol–water partition coefficient (Wildman–Crippen LogP) is 4.71. The maximum Gasteiger partial charge on any atom is 0.337 e. The van der Waals surface area contributed by atoms with E-state index < -0.39 is 5.97 Å². The third kappa shape index (κ3) is 5.84. The monoisotopic (exact) mass is 390 g/mol. The first-order valence-corrected chi connectivity index (χ1v) is 9.20. The average Bonchev–Trinajstić information content (AvgIpc) is 2.75. The topological polar surface area (TPSA) is 76.7 Å². The van der Waals surface area contributed by atoms with Crippen molar-refractivity contribution in [3.63, 3.8) is 0 Å². The van der Waals surface area contributed by atoms with Crippen LogP contribution in [0.2, 0.25) is 0 Å². The normalized spacial score (nSPS) is 10.1. The van der Waals surface area contributed by atoms with Crippen LogP contribution in [0.25, 0.3) is 0 Å². The highest BCUT2D eigenvalue weighted by Gasteiger charge is 2.08. The fourth-order valence-corrected chi connectivity index (χ4v) is 2.66. The molecule has 0 spiro atoms. The molecule has 0 bridgehead atoms. The number of amides is 1. The number of hydrogen-bond acceptors (Lipinski definition) is 5. The Kier molecular flexibility index (Phi) is 6.84. The van der Waals surface area contributed by atoms with Crippen LogP contribution in [-0.4, -0.2) is 25.5 Å². The molecule has 0 saturated heterocycles. The maximum absolute atomic E-state index is 12.2. The largest absolute Gasteiger partial charge is 0.465 e. The number of benzene rings is 3. The highest BCUT2D eigenvalue weighted by atomic mass is 16.5. The van der Waals surface area contributed by atoms with Crippen molar-refractivity contribution in [1.82, 2.24) is 0 Å². The highest BCUT2D eigenvalue weighted by Crippen LogP contribution is 2.29. The van der Waals surface area contributed by atoms with E-state index in [1.165, 1.54) is 7.11 Å². The Bertz CT molecular complexity index is 956. The minimum absolute atomic E-state index is 0.134. The van der Waals surface area contributed by atoms with E-state index in [1.54, 1.807) is 24.3 Å². The van der Waals surface area contributed by atoms with Crippen LogP contribution in [0.5, 0.6) is 11.5 Å². The number of carbonyl (C=O) groups is 2. The molecule has 0 heterocycles. The molecule has 29 heavy (non-hydrogen) atoms. The Morgan fingerprint density at radius 2 is 1.55 bits per heavy atom. The molecular formula is C23H22N2O4. The Balaban J connectivity index is 1.51. The Labute approximate surface area is 169 Å². The molecule has 0 aliphatic carbocycles. The zero-order valence-corrected chi connectivity index (χ0v) is 16.1. The van der Waals surface area contributed by atoms with Gasteiger partial charge >= 0.3 is 5.97 Å². The van der Waals surface area contributed by atoms with E-state index in [9.17, 15) is 9.59 Å². The Morgan fingerprint density at radius 3 is 2.28 bits per heavy atom. The summed E-state index contributed by atoms with van der Waals surface area (Å²) in [4.78, 5) is 23.6. The van der Waals surface area contributed by atoms with Gasteiger partial charge < -0.3 is 20.1 Å². The average molecular weight is 390 g/mol. The second-order valence-electron chi connectivity index (χ2n) is 6.21. The first kappa shape index (κ1) is 19.9. The quantitative estimate of drug-likeness (QED) is 0.545. The molecule has 0 radical (unpaired) electrons. The second-order valence-corrected chi connectivity index (χ2v) is 6.21. The van der Waals surface area contributed by atoms with Crippen molar-refractivity contribution < 1.29 is 19.1 Å². The molecule has 0 aromatic heterocycles. The van der Waals surface area contributed by atoms with Gasteiger partial charge in [0, 0.05) is 18.7 Å². The van der Waals surface area contributed by atoms with E-state index in [2.05, 4.69) is 15.4 Å². The summed E-state index contributed by atoms with van der Waals surface area (Å²) >= 11 is 0. The van der Waals surface area contributed by atoms with Crippen LogP contribution >= 0.6 is 0 Å². The number of para-hydroxylation sites is 3. The minimum Gasteiger partial charge on any atom is -0.465 e. The number of rotatable bonds is 8. The summed E-state index contributed by atoms with van der Waals surface area (Å²) in [5.74, 6) is 0.889. The molecule has 0 atom stereocenters. The first-order valence-electron chi connectivity index (χ1n) is 9.20. The SMILES string of the molecule is COC(=O)c1ccc(NC(=O)CCNc2ccccc2Oc2ccccc2)cc1. The van der Waals surface area contributed by atoms with Gasteiger partial charge in [0.15, 0.2) is 5.75 Å². The number of esters is 1. The molecule has 0 fully saturated rings. The number of hydrogen-bond donors (Lipinski definition) is 2. The van der Waals surface area contributed by atoms with Gasteiger partial charge in [0.25, 0.3) is 0 Å². The van der Waals surface area contributed by atoms with E-state index in [0.29, 0.717) is 23.5 Å². The van der Waals surface area contributed by atoms with Crippen molar-refractivity contribution in [2.24, 2.45) is 0 Å². The molecule has 6 heteroatoms. The lowest BCUT2D eigenvalue weighted by molar-refractivity contribution is -0.115. The van der Waals surface area contributed by atoms with Crippen LogP contribution in [0.15, 0.2) is 78.9 Å². The lowest BCUT2D eigenvalue weighted by Gasteiger charge is -2.13. The molecular weight excluding hydrogens is 368 g/mol. The molecule has 3 aromatic carbocycles. The number of ether oxygens (including phenoxy) is 2. The minimum atomic E-state index is -0.413. The molecule has 1 amide bonds. The summed E-state index contributed by atoms with van der Waals surface area (Å²) in [7, 11) is 1.33. The Hall–Kier alpha value is -3.80. The van der Waals surface area contributed by atoms with Crippen molar-refractivity contribution in [1.29, 1.82) is 0 Å². The first-order chi connectivity index (χ1) is 14.2. The molecule has 2 N–H and O–H groups in total. The summed E-state index contributed by atoms with van der Waals surface area (Å²) < 4.78 is 10.6. The smallest absolute Gasteiger partial charge is 0.337 e. The van der Waals surface area contributed by atoms with Gasteiger partial charge in [0.2, 0.25) is 5.91 Å². The lowest BCUT2D eigenvalue weighted by Crippen LogP contribution is -2.16. The molecule has 3 rings (SSSR count). The van der Waals surface area contributed by atoms with Crippen molar-refractivity contribution in [3.05, 3.63) is 84.4 Å². The standard InChI is InChI=1S/C23H22N2O4/c1-28-23(27)17-11-13-18(14-12-17)25-22(26)15-16-24-20-9-5-6-10-21(20)29-19-7-3-2-4-8-19/h2-14,24H,15-16H2,1H3,(H,25,26). The van der Waals surface area contributed by atoms with Crippen molar-refractivity contribution in [3.8, 4) is 11.5 Å². The van der Waals surface area contributed by atoms with Crippen LogP contribution < -0.4 is 15.4 Å². The van der Waals surface area contributed by atoms with Gasteiger partial charge in [-0.3, -0.25) is 4.79 Å². The number of methoxy groups -OCH3 is 1. The van der Waals surface area contributed by atoms with Gasteiger partial charge in [-0.05, 0) is 48.5 Å². The van der Waals surface area contributed by atoms with Crippen LogP contribution in [0.1, 0.15) is 16.8 Å². The van der Waals surface area contributed by atoms with Crippen molar-refractivity contribution in [2.45, 2.75) is 6.42 Å². The number of anilines is 2. The molecule has 0 saturated carbocycles. The van der Waals surface area contributed by atoms with Crippen LogP contribution in [0, 0.1) is 0 Å². The van der Waals surface area contributed by atoms with E-state index >= 15 is 0 Å². The van der Waals surface area contributed by atoms with E-state index in [0.717, 1.165) is 11.4 Å². The van der Waals surface area contributed by atoms with Crippen LogP contribution in [-0.2, 0) is 9.53 Å². The van der Waals surface area contributed by atoms with Gasteiger partial charge in [0.05, 0.1) is 18.4 Å². The summed E-state index contributed by atoms with van der Waals surface area (Å²) in [5, 5.41) is 6.04. The van der Waals surface area contributed by atoms with Gasteiger partial charge in [-0.15, -0.1) is 0 Å². The number of nitrogens with one attached hydrogen (secondary N) is 2. The molecule has 0 aliphatic heterocycles. The van der Waals surface area contributed by atoms with Gasteiger partial charge in [-0.1, -0.05) is 30.3 Å². The fraction of sp³-hybridized carbons (Fsp3) is 0.130. The van der Waals surface area contributed by atoms with Gasteiger partial charge in [-0.2, -0.15) is 0 Å². The Morgan fingerprint density at radius 1 is 0.862 bits per heavy atom. The molecule has 148 valence electrons. The van der Waals surface area contributed by atoms with Crippen molar-refractivity contribution in [2.75, 3.05) is 24.3 Å². The van der Waals surface area contributed by atoms with E-state index in [4.69, 9.17) is 4.74 Å². The molecule has 6 nitrogen and oxygen atoms in total. The van der Waals surface area contributed by atoms with Crippen LogP contribution in [0.4, 0.5) is 11.4 Å². The highest BCUT2D eigenvalue weighted by molar-refractivity contribution is 5.93. The summed E-state index contributed by atoms with van der Waals surface area (Å²) in [6.07, 6.45) is 0.276. The number of carbonyl (C=O) groups excluding carboxylic acids is 2. The summed E-state index contributed by atoms with van der Waals surface area (Å²) in [6.45, 7) is 0.446. The predicted molar refractivity (Wildman–Crippen MR) is 112 cm³/mol. The van der Waals surface area contributed by atoms with Crippen LogP contribution in [0.3, 0.4) is 0 Å². The molecule has 3 aromatic rings. The molecule has 0 aliphatic rings. The zero-order valence-electron chi connectivity index (χ0n) is 16.1. The third-order valence-corrected chi connectivity index (χ3v) is 4.12. The lowest BCUT2D eigenvalue weighted by atomic mass is 10.2.